The lowest BCUT2D eigenvalue weighted by Gasteiger charge is -2.34. The molecule has 1 saturated carbocycles. The van der Waals surface area contributed by atoms with Crippen LogP contribution in [0.1, 0.15) is 46.0 Å². The first-order chi connectivity index (χ1) is 8.77. The molecule has 2 rings (SSSR count). The Balaban J connectivity index is 2.06. The molecule has 0 aromatic carbocycles. The monoisotopic (exact) mass is 271 g/mol. The first kappa shape index (κ1) is 14.3. The Morgan fingerprint density at radius 3 is 2.37 bits per heavy atom. The lowest BCUT2D eigenvalue weighted by Crippen LogP contribution is -2.45. The van der Waals surface area contributed by atoms with Crippen LogP contribution in [-0.2, 0) is 9.59 Å². The summed E-state index contributed by atoms with van der Waals surface area (Å²) in [4.78, 5) is 24.8. The zero-order valence-electron chi connectivity index (χ0n) is 11.6. The Bertz CT molecular complexity index is 390. The van der Waals surface area contributed by atoms with Crippen molar-refractivity contribution in [3.8, 4) is 0 Å². The molecule has 108 valence electrons. The van der Waals surface area contributed by atoms with Gasteiger partial charge in [0.2, 0.25) is 11.6 Å². The highest BCUT2D eigenvalue weighted by Crippen LogP contribution is 2.42. The fourth-order valence-corrected chi connectivity index (χ4v) is 3.35. The lowest BCUT2D eigenvalue weighted by atomic mass is 9.76. The minimum absolute atomic E-state index is 0.0971. The fourth-order valence-electron chi connectivity index (χ4n) is 3.35. The summed E-state index contributed by atoms with van der Waals surface area (Å²) in [6.07, 6.45) is 4.25. The molecule has 5 heteroatoms. The third-order valence-electron chi connectivity index (χ3n) is 4.82. The number of hydrogen-bond acceptors (Lipinski definition) is 2. The molecule has 0 bridgehead atoms. The molecule has 0 aromatic rings. The van der Waals surface area contributed by atoms with E-state index in [-0.39, 0.29) is 25.4 Å². The zero-order chi connectivity index (χ0) is 14.3. The highest BCUT2D eigenvalue weighted by molar-refractivity contribution is 5.85. The van der Waals surface area contributed by atoms with Crippen LogP contribution in [0.2, 0.25) is 0 Å². The summed E-state index contributed by atoms with van der Waals surface area (Å²) in [6, 6.07) is 0. The van der Waals surface area contributed by atoms with Crippen LogP contribution in [0.15, 0.2) is 0 Å². The first-order valence-corrected chi connectivity index (χ1v) is 6.99. The smallest absolute Gasteiger partial charge is 0.343 e. The van der Waals surface area contributed by atoms with Crippen LogP contribution in [0.3, 0.4) is 0 Å². The second-order valence-corrected chi connectivity index (χ2v) is 6.45. The van der Waals surface area contributed by atoms with Gasteiger partial charge in [-0.25, -0.2) is 9.18 Å². The van der Waals surface area contributed by atoms with E-state index in [0.717, 1.165) is 25.7 Å². The predicted octanol–water partition coefficient (Wildman–Crippen LogP) is 2.23. The zero-order valence-corrected chi connectivity index (χ0v) is 11.6. The maximum absolute atomic E-state index is 14.0. The molecule has 1 aliphatic carbocycles. The molecular weight excluding hydrogens is 249 g/mol. The van der Waals surface area contributed by atoms with Gasteiger partial charge in [0, 0.05) is 18.4 Å². The van der Waals surface area contributed by atoms with Crippen molar-refractivity contribution in [2.45, 2.75) is 51.6 Å². The molecule has 1 atom stereocenters. The van der Waals surface area contributed by atoms with Crippen LogP contribution in [0.4, 0.5) is 4.39 Å². The maximum Gasteiger partial charge on any atom is 0.343 e. The summed E-state index contributed by atoms with van der Waals surface area (Å²) < 4.78 is 14.0. The Labute approximate surface area is 113 Å². The summed E-state index contributed by atoms with van der Waals surface area (Å²) in [5, 5.41) is 8.87. The summed E-state index contributed by atoms with van der Waals surface area (Å²) >= 11 is 0. The van der Waals surface area contributed by atoms with Gasteiger partial charge < -0.3 is 10.0 Å². The molecule has 4 nitrogen and oxygen atoms in total. The molecule has 1 saturated heterocycles. The predicted molar refractivity (Wildman–Crippen MR) is 68.4 cm³/mol. The van der Waals surface area contributed by atoms with Crippen molar-refractivity contribution in [2.75, 3.05) is 13.1 Å². The van der Waals surface area contributed by atoms with E-state index in [1.54, 1.807) is 0 Å². The number of carboxylic acids is 1. The number of nitrogens with zero attached hydrogens (tertiary/aromatic N) is 1. The third kappa shape index (κ3) is 2.47. The molecule has 1 unspecified atom stereocenters. The van der Waals surface area contributed by atoms with Crippen molar-refractivity contribution in [3.63, 3.8) is 0 Å². The van der Waals surface area contributed by atoms with Crippen LogP contribution in [0.25, 0.3) is 0 Å². The third-order valence-corrected chi connectivity index (χ3v) is 4.82. The van der Waals surface area contributed by atoms with E-state index in [0.29, 0.717) is 5.92 Å². The Morgan fingerprint density at radius 2 is 1.89 bits per heavy atom. The average molecular weight is 271 g/mol. The van der Waals surface area contributed by atoms with Crippen molar-refractivity contribution in [1.29, 1.82) is 0 Å². The van der Waals surface area contributed by atoms with Gasteiger partial charge in [0.25, 0.3) is 0 Å². The van der Waals surface area contributed by atoms with Crippen molar-refractivity contribution >= 4 is 11.9 Å². The largest absolute Gasteiger partial charge is 0.479 e. The second-order valence-electron chi connectivity index (χ2n) is 6.45. The SMILES string of the molecule is CC(C)(C(=O)N1CCC(F)(C(=O)O)C1)C1CCCC1. The van der Waals surface area contributed by atoms with Crippen LogP contribution >= 0.6 is 0 Å². The van der Waals surface area contributed by atoms with Gasteiger partial charge in [0.15, 0.2) is 0 Å². The van der Waals surface area contributed by atoms with Crippen LogP contribution in [0.5, 0.6) is 0 Å². The van der Waals surface area contributed by atoms with Crippen LogP contribution in [0, 0.1) is 11.3 Å². The van der Waals surface area contributed by atoms with Gasteiger partial charge in [0.1, 0.15) is 0 Å². The lowest BCUT2D eigenvalue weighted by molar-refractivity contribution is -0.151. The highest BCUT2D eigenvalue weighted by Gasteiger charge is 2.50. The van der Waals surface area contributed by atoms with E-state index in [4.69, 9.17) is 5.11 Å². The van der Waals surface area contributed by atoms with E-state index in [9.17, 15) is 14.0 Å². The minimum atomic E-state index is -2.26. The Morgan fingerprint density at radius 1 is 1.32 bits per heavy atom. The highest BCUT2D eigenvalue weighted by atomic mass is 19.1. The van der Waals surface area contributed by atoms with Gasteiger partial charge in [-0.1, -0.05) is 26.7 Å². The number of likely N-dealkylation sites (tertiary alicyclic amines) is 1. The van der Waals surface area contributed by atoms with E-state index < -0.39 is 17.1 Å². The molecule has 1 heterocycles. The standard InChI is InChI=1S/C14H22FNO3/c1-13(2,10-5-3-4-6-10)11(17)16-8-7-14(15,9-16)12(18)19/h10H,3-9H2,1-2H3,(H,18,19). The van der Waals surface area contributed by atoms with E-state index in [1.807, 2.05) is 13.8 Å². The average Bonchev–Trinajstić information content (AvgIpc) is 2.97. The molecular formula is C14H22FNO3. The number of aliphatic carboxylic acids is 1. The van der Waals surface area contributed by atoms with Gasteiger partial charge >= 0.3 is 5.97 Å². The van der Waals surface area contributed by atoms with Crippen molar-refractivity contribution in [3.05, 3.63) is 0 Å². The number of rotatable bonds is 3. The topological polar surface area (TPSA) is 57.6 Å². The molecule has 0 spiro atoms. The van der Waals surface area contributed by atoms with Crippen LogP contribution < -0.4 is 0 Å². The quantitative estimate of drug-likeness (QED) is 0.856. The number of hydrogen-bond donors (Lipinski definition) is 1. The van der Waals surface area contributed by atoms with Crippen molar-refractivity contribution in [1.82, 2.24) is 4.90 Å². The molecule has 1 N–H and O–H groups in total. The van der Waals surface area contributed by atoms with Gasteiger partial charge in [-0.3, -0.25) is 4.79 Å². The Hall–Kier alpha value is -1.13. The second kappa shape index (κ2) is 4.76. The maximum atomic E-state index is 14.0. The molecule has 2 aliphatic rings. The number of carboxylic acid groups (broad SMARTS) is 1. The van der Waals surface area contributed by atoms with Gasteiger partial charge in [0.05, 0.1) is 6.54 Å². The Kier molecular flexibility index (Phi) is 3.58. The molecule has 0 radical (unpaired) electrons. The first-order valence-electron chi connectivity index (χ1n) is 6.99. The number of carbonyl (C=O) groups is 2. The van der Waals surface area contributed by atoms with E-state index in [1.165, 1.54) is 4.90 Å². The fraction of sp³-hybridized carbons (Fsp3) is 0.857. The van der Waals surface area contributed by atoms with Gasteiger partial charge in [-0.15, -0.1) is 0 Å². The summed E-state index contributed by atoms with van der Waals surface area (Å²) in [7, 11) is 0. The van der Waals surface area contributed by atoms with Crippen molar-refractivity contribution in [2.24, 2.45) is 11.3 Å². The van der Waals surface area contributed by atoms with E-state index >= 15 is 0 Å². The normalized spacial score (nSPS) is 28.9. The molecule has 1 aliphatic heterocycles. The number of halogens is 1. The van der Waals surface area contributed by atoms with Crippen molar-refractivity contribution < 1.29 is 19.1 Å². The minimum Gasteiger partial charge on any atom is -0.479 e. The van der Waals surface area contributed by atoms with Gasteiger partial charge in [-0.2, -0.15) is 0 Å². The molecule has 2 fully saturated rings. The number of amides is 1. The van der Waals surface area contributed by atoms with E-state index in [2.05, 4.69) is 0 Å². The number of carbonyl (C=O) groups excluding carboxylic acids is 1. The summed E-state index contributed by atoms with van der Waals surface area (Å²) in [5.41, 5.74) is -2.78. The molecule has 0 aromatic heterocycles. The summed E-state index contributed by atoms with van der Waals surface area (Å²) in [5.74, 6) is -1.22. The summed E-state index contributed by atoms with van der Waals surface area (Å²) in [6.45, 7) is 3.71. The molecule has 19 heavy (non-hydrogen) atoms. The molecule has 1 amide bonds. The van der Waals surface area contributed by atoms with Crippen LogP contribution in [-0.4, -0.2) is 40.6 Å². The number of alkyl halides is 1. The van der Waals surface area contributed by atoms with Gasteiger partial charge in [-0.05, 0) is 18.8 Å².